The monoisotopic (exact) mass is 181 g/mol. The van der Waals surface area contributed by atoms with Gasteiger partial charge in [-0.2, -0.15) is 0 Å². The number of pyridine rings is 1. The van der Waals surface area contributed by atoms with Crippen molar-refractivity contribution in [2.75, 3.05) is 12.8 Å². The van der Waals surface area contributed by atoms with E-state index in [0.717, 1.165) is 10.3 Å². The number of nitrogens with two attached hydrogens (primary N) is 1. The van der Waals surface area contributed by atoms with E-state index in [9.17, 15) is 0 Å². The van der Waals surface area contributed by atoms with Gasteiger partial charge in [0.05, 0.1) is 13.3 Å². The summed E-state index contributed by atoms with van der Waals surface area (Å²) in [5.74, 6) is 0.702. The Morgan fingerprint density at radius 3 is 3.17 bits per heavy atom. The zero-order valence-corrected chi connectivity index (χ0v) is 7.26. The summed E-state index contributed by atoms with van der Waals surface area (Å²) in [4.78, 5) is 9.04. The quantitative estimate of drug-likeness (QED) is 0.720. The maximum absolute atomic E-state index is 5.51. The first-order chi connectivity index (χ1) is 5.79. The minimum absolute atomic E-state index is 0.533. The standard InChI is InChI=1S/C7H7N3OS/c1-11-4-2-5-6(9-3-4)12-7(8)10-5/h2-3H,1H3,(H2,8,10). The van der Waals surface area contributed by atoms with Gasteiger partial charge in [-0.3, -0.25) is 0 Å². The highest BCUT2D eigenvalue weighted by Crippen LogP contribution is 2.24. The first-order valence-electron chi connectivity index (χ1n) is 3.35. The molecule has 0 radical (unpaired) electrons. The molecule has 0 aliphatic carbocycles. The molecule has 0 spiro atoms. The van der Waals surface area contributed by atoms with E-state index in [1.54, 1.807) is 13.3 Å². The molecule has 12 heavy (non-hydrogen) atoms. The summed E-state index contributed by atoms with van der Waals surface area (Å²) in [6, 6.07) is 1.81. The normalized spacial score (nSPS) is 10.4. The average molecular weight is 181 g/mol. The van der Waals surface area contributed by atoms with Crippen molar-refractivity contribution in [1.82, 2.24) is 9.97 Å². The molecule has 0 aromatic carbocycles. The van der Waals surface area contributed by atoms with E-state index in [-0.39, 0.29) is 0 Å². The molecular weight excluding hydrogens is 174 g/mol. The highest BCUT2D eigenvalue weighted by molar-refractivity contribution is 7.21. The summed E-state index contributed by atoms with van der Waals surface area (Å²) < 4.78 is 4.99. The van der Waals surface area contributed by atoms with Crippen LogP contribution in [0.25, 0.3) is 10.3 Å². The second-order valence-corrected chi connectivity index (χ2v) is 3.26. The lowest BCUT2D eigenvalue weighted by Crippen LogP contribution is -1.83. The maximum atomic E-state index is 5.51. The predicted octanol–water partition coefficient (Wildman–Crippen LogP) is 1.28. The third kappa shape index (κ3) is 1.08. The van der Waals surface area contributed by atoms with Gasteiger partial charge >= 0.3 is 0 Å². The Labute approximate surface area is 73.0 Å². The van der Waals surface area contributed by atoms with Crippen LogP contribution >= 0.6 is 11.3 Å². The molecule has 5 heteroatoms. The van der Waals surface area contributed by atoms with E-state index in [1.807, 2.05) is 6.07 Å². The maximum Gasteiger partial charge on any atom is 0.182 e. The molecule has 0 saturated carbocycles. The minimum atomic E-state index is 0.533. The number of methoxy groups -OCH3 is 1. The zero-order chi connectivity index (χ0) is 8.55. The van der Waals surface area contributed by atoms with Gasteiger partial charge in [-0.15, -0.1) is 0 Å². The van der Waals surface area contributed by atoms with Crippen molar-refractivity contribution in [1.29, 1.82) is 0 Å². The first kappa shape index (κ1) is 7.30. The number of ether oxygens (including phenoxy) is 1. The lowest BCUT2D eigenvalue weighted by Gasteiger charge is -1.95. The van der Waals surface area contributed by atoms with Gasteiger partial charge in [-0.05, 0) is 0 Å². The Hall–Kier alpha value is -1.36. The molecule has 2 N–H and O–H groups in total. The van der Waals surface area contributed by atoms with Gasteiger partial charge in [0.1, 0.15) is 16.1 Å². The molecule has 0 amide bonds. The van der Waals surface area contributed by atoms with Gasteiger partial charge in [0.15, 0.2) is 5.13 Å². The summed E-state index contributed by atoms with van der Waals surface area (Å²) in [7, 11) is 1.60. The second-order valence-electron chi connectivity index (χ2n) is 2.25. The van der Waals surface area contributed by atoms with Crippen molar-refractivity contribution in [3.63, 3.8) is 0 Å². The number of thiazole rings is 1. The Kier molecular flexibility index (Phi) is 1.58. The molecule has 0 atom stereocenters. The molecule has 0 saturated heterocycles. The first-order valence-corrected chi connectivity index (χ1v) is 4.17. The summed E-state index contributed by atoms with van der Waals surface area (Å²) in [6.07, 6.45) is 1.65. The summed E-state index contributed by atoms with van der Waals surface area (Å²) >= 11 is 1.37. The van der Waals surface area contributed by atoms with Gasteiger partial charge in [0.2, 0.25) is 0 Å². The van der Waals surface area contributed by atoms with Crippen LogP contribution in [-0.2, 0) is 0 Å². The zero-order valence-electron chi connectivity index (χ0n) is 6.44. The van der Waals surface area contributed by atoms with Crippen molar-refractivity contribution in [2.45, 2.75) is 0 Å². The predicted molar refractivity (Wildman–Crippen MR) is 48.4 cm³/mol. The Morgan fingerprint density at radius 2 is 2.42 bits per heavy atom. The molecule has 0 bridgehead atoms. The third-order valence-electron chi connectivity index (χ3n) is 1.47. The van der Waals surface area contributed by atoms with Crippen molar-refractivity contribution in [2.24, 2.45) is 0 Å². The molecule has 2 rings (SSSR count). The fourth-order valence-corrected chi connectivity index (χ4v) is 1.59. The number of fused-ring (bicyclic) bond motifs is 1. The Bertz CT molecular complexity index is 412. The summed E-state index contributed by atoms with van der Waals surface area (Å²) in [5.41, 5.74) is 6.30. The smallest absolute Gasteiger partial charge is 0.182 e. The van der Waals surface area contributed by atoms with Crippen LogP contribution in [0.4, 0.5) is 5.13 Å². The van der Waals surface area contributed by atoms with Crippen molar-refractivity contribution in [3.8, 4) is 5.75 Å². The van der Waals surface area contributed by atoms with Gasteiger partial charge in [0, 0.05) is 6.07 Å². The van der Waals surface area contributed by atoms with Crippen molar-refractivity contribution in [3.05, 3.63) is 12.3 Å². The second kappa shape index (κ2) is 2.60. The number of hydrogen-bond acceptors (Lipinski definition) is 5. The average Bonchev–Trinajstić information content (AvgIpc) is 2.43. The van der Waals surface area contributed by atoms with Crippen molar-refractivity contribution < 1.29 is 4.74 Å². The van der Waals surface area contributed by atoms with Gasteiger partial charge in [0.25, 0.3) is 0 Å². The lowest BCUT2D eigenvalue weighted by molar-refractivity contribution is 0.413. The number of nitrogen functional groups attached to an aromatic ring is 1. The van der Waals surface area contributed by atoms with Crippen LogP contribution in [0.3, 0.4) is 0 Å². The SMILES string of the molecule is COc1cnc2sc(N)nc2c1. The molecule has 4 nitrogen and oxygen atoms in total. The lowest BCUT2D eigenvalue weighted by atomic mass is 10.4. The highest BCUT2D eigenvalue weighted by atomic mass is 32.1. The summed E-state index contributed by atoms with van der Waals surface area (Å²) in [6.45, 7) is 0. The molecule has 0 aliphatic rings. The minimum Gasteiger partial charge on any atom is -0.495 e. The van der Waals surface area contributed by atoms with Crippen LogP contribution in [0, 0.1) is 0 Å². The highest BCUT2D eigenvalue weighted by Gasteiger charge is 2.02. The van der Waals surface area contributed by atoms with E-state index in [4.69, 9.17) is 10.5 Å². The fourth-order valence-electron chi connectivity index (χ4n) is 0.933. The number of hydrogen-bond donors (Lipinski definition) is 1. The Morgan fingerprint density at radius 1 is 1.58 bits per heavy atom. The van der Waals surface area contributed by atoms with Gasteiger partial charge < -0.3 is 10.5 Å². The molecular formula is C7H7N3OS. The molecule has 2 heterocycles. The van der Waals surface area contributed by atoms with Crippen LogP contribution in [0.15, 0.2) is 12.3 Å². The van der Waals surface area contributed by atoms with Crippen LogP contribution in [0.5, 0.6) is 5.75 Å². The molecule has 0 fully saturated rings. The molecule has 2 aromatic heterocycles. The molecule has 0 unspecified atom stereocenters. The van der Waals surface area contributed by atoms with E-state index in [2.05, 4.69) is 9.97 Å². The number of aromatic nitrogens is 2. The topological polar surface area (TPSA) is 61.0 Å². The third-order valence-corrected chi connectivity index (χ3v) is 2.28. The Balaban J connectivity index is 2.66. The van der Waals surface area contributed by atoms with Crippen LogP contribution in [-0.4, -0.2) is 17.1 Å². The summed E-state index contributed by atoms with van der Waals surface area (Å²) in [5, 5.41) is 0.533. The molecule has 0 aliphatic heterocycles. The van der Waals surface area contributed by atoms with Crippen LogP contribution in [0.1, 0.15) is 0 Å². The van der Waals surface area contributed by atoms with Gasteiger partial charge in [-0.25, -0.2) is 9.97 Å². The van der Waals surface area contributed by atoms with E-state index in [0.29, 0.717) is 10.9 Å². The molecule has 62 valence electrons. The molecule has 2 aromatic rings. The van der Waals surface area contributed by atoms with Crippen LogP contribution < -0.4 is 10.5 Å². The van der Waals surface area contributed by atoms with Crippen molar-refractivity contribution >= 4 is 26.8 Å². The van der Waals surface area contributed by atoms with E-state index < -0.39 is 0 Å². The van der Waals surface area contributed by atoms with E-state index >= 15 is 0 Å². The number of rotatable bonds is 1. The van der Waals surface area contributed by atoms with E-state index in [1.165, 1.54) is 11.3 Å². The van der Waals surface area contributed by atoms with Crippen LogP contribution in [0.2, 0.25) is 0 Å². The number of anilines is 1. The van der Waals surface area contributed by atoms with Gasteiger partial charge in [-0.1, -0.05) is 11.3 Å². The number of nitrogens with zero attached hydrogens (tertiary/aromatic N) is 2. The largest absolute Gasteiger partial charge is 0.495 e. The fraction of sp³-hybridized carbons (Fsp3) is 0.143.